The molecule has 1 aliphatic rings. The fraction of sp³-hybridized carbons (Fsp3) is 0.350. The van der Waals surface area contributed by atoms with Crippen LogP contribution < -0.4 is 9.64 Å². The molecule has 0 aliphatic carbocycles. The molecule has 33 heavy (non-hydrogen) atoms. The molecular weight excluding hydrogens is 478 g/mol. The van der Waals surface area contributed by atoms with Gasteiger partial charge in [-0.15, -0.1) is 0 Å². The summed E-state index contributed by atoms with van der Waals surface area (Å²) in [5.41, 5.74) is -2.48. The monoisotopic (exact) mass is 494 g/mol. The van der Waals surface area contributed by atoms with E-state index in [1.807, 2.05) is 0 Å². The first kappa shape index (κ1) is 24.7. The molecule has 0 bridgehead atoms. The highest BCUT2D eigenvalue weighted by Gasteiger charge is 2.51. The molecule has 2 aromatic carbocycles. The lowest BCUT2D eigenvalue weighted by atomic mass is 10.1. The minimum atomic E-state index is -4.93. The number of hydrogen-bond donors (Lipinski definition) is 0. The van der Waals surface area contributed by atoms with Crippen molar-refractivity contribution in [1.82, 2.24) is 0 Å². The van der Waals surface area contributed by atoms with Gasteiger partial charge >= 0.3 is 12.4 Å². The van der Waals surface area contributed by atoms with Crippen molar-refractivity contribution in [3.05, 3.63) is 53.6 Å². The molecule has 0 N–H and O–H groups in total. The number of rotatable bonds is 5. The molecule has 0 saturated carbocycles. The molecule has 1 aliphatic heterocycles. The first-order valence-electron chi connectivity index (χ1n) is 9.23. The van der Waals surface area contributed by atoms with Crippen LogP contribution in [0.4, 0.5) is 32.0 Å². The maximum Gasteiger partial charge on any atom is 0.433 e. The summed E-state index contributed by atoms with van der Waals surface area (Å²) in [6.45, 7) is -0.807. The zero-order valence-electron chi connectivity index (χ0n) is 16.8. The summed E-state index contributed by atoms with van der Waals surface area (Å²) < 4.78 is 114. The molecule has 1 heterocycles. The van der Waals surface area contributed by atoms with E-state index in [9.17, 15) is 34.8 Å². The van der Waals surface area contributed by atoms with E-state index < -0.39 is 57.9 Å². The molecule has 1 fully saturated rings. The van der Waals surface area contributed by atoms with Crippen molar-refractivity contribution >= 4 is 15.5 Å². The molecule has 0 spiro atoms. The molecule has 6 nitrogen and oxygen atoms in total. The van der Waals surface area contributed by atoms with Crippen molar-refractivity contribution in [2.24, 2.45) is 0 Å². The predicted octanol–water partition coefficient (Wildman–Crippen LogP) is 4.15. The van der Waals surface area contributed by atoms with Gasteiger partial charge in [-0.05, 0) is 42.5 Å². The molecular formula is C20H16F6N2O4S. The number of ether oxygens (including phenoxy) is 2. The molecule has 13 heteroatoms. The Morgan fingerprint density at radius 2 is 1.76 bits per heavy atom. The highest BCUT2D eigenvalue weighted by Crippen LogP contribution is 2.39. The summed E-state index contributed by atoms with van der Waals surface area (Å²) in [5.74, 6) is 0.172. The number of alkyl halides is 6. The summed E-state index contributed by atoms with van der Waals surface area (Å²) in [5, 5.41) is 8.88. The highest BCUT2D eigenvalue weighted by molar-refractivity contribution is 7.90. The standard InChI is InChI=1S/C20H16F6N2O4S/c1-33(29,30)16-6-4-14(5-7-16)31-11-15-10-28(18(32-15)20(24,25)26)13-3-2-12(9-27)17(8-13)19(21,22)23/h2-8,15,18H,10-11H2,1H3/t15-,18+/m0/s1. The van der Waals surface area contributed by atoms with Crippen LogP contribution in [0.2, 0.25) is 0 Å². The van der Waals surface area contributed by atoms with Crippen molar-refractivity contribution in [2.45, 2.75) is 29.6 Å². The minimum Gasteiger partial charge on any atom is -0.491 e. The van der Waals surface area contributed by atoms with Gasteiger partial charge in [-0.25, -0.2) is 8.42 Å². The van der Waals surface area contributed by atoms with E-state index in [4.69, 9.17) is 14.7 Å². The average Bonchev–Trinajstić information content (AvgIpc) is 3.16. The van der Waals surface area contributed by atoms with E-state index in [-0.39, 0.29) is 17.3 Å². The van der Waals surface area contributed by atoms with Crippen LogP contribution in [0, 0.1) is 11.3 Å². The third-order valence-electron chi connectivity index (χ3n) is 4.73. The SMILES string of the molecule is CS(=O)(=O)c1ccc(OC[C@@H]2CN(c3ccc(C#N)c(C(F)(F)F)c3)[C@@H](C(F)(F)F)O2)cc1. The lowest BCUT2D eigenvalue weighted by Crippen LogP contribution is -2.42. The summed E-state index contributed by atoms with van der Waals surface area (Å²) in [6.07, 6.45) is -12.5. The summed E-state index contributed by atoms with van der Waals surface area (Å²) in [6, 6.07) is 8.81. The average molecular weight is 494 g/mol. The molecule has 3 rings (SSSR count). The molecule has 2 aromatic rings. The Morgan fingerprint density at radius 1 is 1.12 bits per heavy atom. The number of anilines is 1. The van der Waals surface area contributed by atoms with Gasteiger partial charge in [0.2, 0.25) is 6.23 Å². The second-order valence-corrected chi connectivity index (χ2v) is 9.21. The van der Waals surface area contributed by atoms with Gasteiger partial charge in [0.05, 0.1) is 28.6 Å². The predicted molar refractivity (Wildman–Crippen MR) is 103 cm³/mol. The Hall–Kier alpha value is -2.98. The van der Waals surface area contributed by atoms with Gasteiger partial charge in [-0.3, -0.25) is 0 Å². The Bertz CT molecular complexity index is 1160. The molecule has 0 amide bonds. The fourth-order valence-corrected chi connectivity index (χ4v) is 3.85. The third kappa shape index (κ3) is 5.69. The molecule has 0 aromatic heterocycles. The van der Waals surface area contributed by atoms with Gasteiger partial charge in [0.15, 0.2) is 9.84 Å². The summed E-state index contributed by atoms with van der Waals surface area (Å²) in [7, 11) is -3.44. The summed E-state index contributed by atoms with van der Waals surface area (Å²) in [4.78, 5) is 0.647. The Labute approximate surface area is 184 Å². The van der Waals surface area contributed by atoms with Crippen molar-refractivity contribution in [3.63, 3.8) is 0 Å². The van der Waals surface area contributed by atoms with Crippen molar-refractivity contribution in [2.75, 3.05) is 24.3 Å². The van der Waals surface area contributed by atoms with E-state index in [0.29, 0.717) is 11.0 Å². The maximum atomic E-state index is 13.5. The van der Waals surface area contributed by atoms with Gasteiger partial charge in [0.25, 0.3) is 0 Å². The first-order valence-corrected chi connectivity index (χ1v) is 11.1. The normalized spacial score (nSPS) is 19.4. The second kappa shape index (κ2) is 8.75. The maximum absolute atomic E-state index is 13.5. The number of sulfone groups is 1. The second-order valence-electron chi connectivity index (χ2n) is 7.20. The van der Waals surface area contributed by atoms with Gasteiger partial charge in [0.1, 0.15) is 18.5 Å². The Kier molecular flexibility index (Phi) is 6.54. The van der Waals surface area contributed by atoms with Crippen molar-refractivity contribution < 1.29 is 44.2 Å². The zero-order chi connectivity index (χ0) is 24.6. The van der Waals surface area contributed by atoms with Crippen LogP contribution in [-0.4, -0.2) is 46.3 Å². The van der Waals surface area contributed by atoms with Crippen LogP contribution in [0.5, 0.6) is 5.75 Å². The molecule has 0 radical (unpaired) electrons. The van der Waals surface area contributed by atoms with Gasteiger partial charge in [0, 0.05) is 11.9 Å². The van der Waals surface area contributed by atoms with Crippen LogP contribution >= 0.6 is 0 Å². The topological polar surface area (TPSA) is 79.6 Å². The lowest BCUT2D eigenvalue weighted by Gasteiger charge is -2.27. The van der Waals surface area contributed by atoms with Crippen molar-refractivity contribution in [3.8, 4) is 11.8 Å². The third-order valence-corrected chi connectivity index (χ3v) is 5.86. The quantitative estimate of drug-likeness (QED) is 0.581. The van der Waals surface area contributed by atoms with Crippen LogP contribution in [0.15, 0.2) is 47.4 Å². The van der Waals surface area contributed by atoms with Gasteiger partial charge in [-0.1, -0.05) is 0 Å². The van der Waals surface area contributed by atoms with Crippen LogP contribution in [0.1, 0.15) is 11.1 Å². The summed E-state index contributed by atoms with van der Waals surface area (Å²) >= 11 is 0. The van der Waals surface area contributed by atoms with Gasteiger partial charge in [-0.2, -0.15) is 31.6 Å². The van der Waals surface area contributed by atoms with Gasteiger partial charge < -0.3 is 14.4 Å². The number of nitriles is 1. The lowest BCUT2D eigenvalue weighted by molar-refractivity contribution is -0.215. The van der Waals surface area contributed by atoms with Crippen LogP contribution in [0.3, 0.4) is 0 Å². The van der Waals surface area contributed by atoms with E-state index in [2.05, 4.69) is 0 Å². The minimum absolute atomic E-state index is 0.0246. The fourth-order valence-electron chi connectivity index (χ4n) is 3.22. The molecule has 178 valence electrons. The van der Waals surface area contributed by atoms with E-state index >= 15 is 0 Å². The van der Waals surface area contributed by atoms with E-state index in [1.165, 1.54) is 30.3 Å². The number of halogens is 6. The Morgan fingerprint density at radius 3 is 2.27 bits per heavy atom. The zero-order valence-corrected chi connectivity index (χ0v) is 17.6. The first-order chi connectivity index (χ1) is 15.2. The number of nitrogens with zero attached hydrogens (tertiary/aromatic N) is 2. The number of benzene rings is 2. The van der Waals surface area contributed by atoms with Crippen molar-refractivity contribution in [1.29, 1.82) is 5.26 Å². The van der Waals surface area contributed by atoms with Crippen LogP contribution in [-0.2, 0) is 20.8 Å². The molecule has 0 unspecified atom stereocenters. The highest BCUT2D eigenvalue weighted by atomic mass is 32.2. The smallest absolute Gasteiger partial charge is 0.433 e. The number of hydrogen-bond acceptors (Lipinski definition) is 6. The van der Waals surface area contributed by atoms with E-state index in [0.717, 1.165) is 18.4 Å². The molecule has 1 saturated heterocycles. The largest absolute Gasteiger partial charge is 0.491 e. The molecule has 2 atom stereocenters. The van der Waals surface area contributed by atoms with Crippen LogP contribution in [0.25, 0.3) is 0 Å². The van der Waals surface area contributed by atoms with E-state index in [1.54, 1.807) is 0 Å². The Balaban J connectivity index is 1.80.